The van der Waals surface area contributed by atoms with E-state index in [1.807, 2.05) is 30.3 Å². The predicted molar refractivity (Wildman–Crippen MR) is 122 cm³/mol. The molecule has 8 heteroatoms. The first-order valence-corrected chi connectivity index (χ1v) is 11.7. The molecular formula is C22H24Cl2N2O3S. The van der Waals surface area contributed by atoms with Crippen molar-refractivity contribution in [2.45, 2.75) is 31.1 Å². The quantitative estimate of drug-likeness (QED) is 0.519. The van der Waals surface area contributed by atoms with E-state index in [4.69, 9.17) is 27.9 Å². The molecule has 1 aliphatic carbocycles. The minimum absolute atomic E-state index is 0.00767. The molecule has 0 atom stereocenters. The average molecular weight is 467 g/mol. The van der Waals surface area contributed by atoms with Crippen LogP contribution in [0.5, 0.6) is 5.75 Å². The summed E-state index contributed by atoms with van der Waals surface area (Å²) in [6.45, 7) is 0.593. The lowest BCUT2D eigenvalue weighted by Crippen LogP contribution is -2.30. The summed E-state index contributed by atoms with van der Waals surface area (Å²) in [7, 11) is 0. The second-order valence-electron chi connectivity index (χ2n) is 7.10. The number of benzene rings is 2. The van der Waals surface area contributed by atoms with E-state index < -0.39 is 0 Å². The maximum atomic E-state index is 12.0. The summed E-state index contributed by atoms with van der Waals surface area (Å²) < 4.78 is 5.49. The topological polar surface area (TPSA) is 67.4 Å². The number of nitrogens with one attached hydrogen (secondary N) is 2. The molecule has 160 valence electrons. The van der Waals surface area contributed by atoms with Gasteiger partial charge in [-0.2, -0.15) is 0 Å². The number of amides is 2. The van der Waals surface area contributed by atoms with Gasteiger partial charge in [0.1, 0.15) is 5.75 Å². The molecule has 0 saturated heterocycles. The molecule has 0 aromatic heterocycles. The molecule has 1 fully saturated rings. The van der Waals surface area contributed by atoms with Crippen LogP contribution in [-0.4, -0.2) is 36.8 Å². The average Bonchev–Trinajstić information content (AvgIpc) is 3.53. The summed E-state index contributed by atoms with van der Waals surface area (Å²) >= 11 is 13.5. The van der Waals surface area contributed by atoms with Gasteiger partial charge < -0.3 is 15.4 Å². The molecule has 2 N–H and O–H groups in total. The van der Waals surface area contributed by atoms with Crippen LogP contribution in [0.4, 0.5) is 0 Å². The van der Waals surface area contributed by atoms with E-state index in [0.29, 0.717) is 39.9 Å². The maximum Gasteiger partial charge on any atom is 0.258 e. The predicted octanol–water partition coefficient (Wildman–Crippen LogP) is 4.24. The molecule has 0 radical (unpaired) electrons. The Hall–Kier alpha value is -1.89. The molecular weight excluding hydrogens is 443 g/mol. The Labute approximate surface area is 190 Å². The van der Waals surface area contributed by atoms with Crippen LogP contribution >= 0.6 is 35.0 Å². The van der Waals surface area contributed by atoms with Crippen LogP contribution in [0.25, 0.3) is 0 Å². The highest BCUT2D eigenvalue weighted by Gasteiger charge is 2.23. The largest absolute Gasteiger partial charge is 0.484 e. The third-order valence-electron chi connectivity index (χ3n) is 4.48. The van der Waals surface area contributed by atoms with Gasteiger partial charge in [-0.25, -0.2) is 0 Å². The van der Waals surface area contributed by atoms with Crippen molar-refractivity contribution in [1.29, 1.82) is 0 Å². The minimum Gasteiger partial charge on any atom is -0.484 e. The first kappa shape index (κ1) is 22.8. The van der Waals surface area contributed by atoms with Crippen LogP contribution in [-0.2, 0) is 21.8 Å². The van der Waals surface area contributed by atoms with Crippen molar-refractivity contribution < 1.29 is 14.3 Å². The van der Waals surface area contributed by atoms with Gasteiger partial charge in [0, 0.05) is 28.4 Å². The highest BCUT2D eigenvalue weighted by atomic mass is 35.5. The fourth-order valence-corrected chi connectivity index (χ4v) is 4.10. The number of thioether (sulfide) groups is 1. The molecule has 0 heterocycles. The Morgan fingerprint density at radius 2 is 1.83 bits per heavy atom. The second kappa shape index (κ2) is 11.5. The molecule has 0 spiro atoms. The van der Waals surface area contributed by atoms with Crippen molar-refractivity contribution in [3.63, 3.8) is 0 Å². The van der Waals surface area contributed by atoms with Crippen LogP contribution < -0.4 is 15.4 Å². The molecule has 0 unspecified atom stereocenters. The third-order valence-corrected chi connectivity index (χ3v) is 6.05. The fourth-order valence-electron chi connectivity index (χ4n) is 2.69. The molecule has 2 aromatic carbocycles. The summed E-state index contributed by atoms with van der Waals surface area (Å²) in [5.41, 5.74) is 2.05. The Kier molecular flexibility index (Phi) is 8.73. The van der Waals surface area contributed by atoms with Gasteiger partial charge in [-0.15, -0.1) is 11.8 Å². The Morgan fingerprint density at radius 1 is 1.07 bits per heavy atom. The zero-order chi connectivity index (χ0) is 21.3. The molecule has 0 bridgehead atoms. The fraction of sp³-hybridized carbons (Fsp3) is 0.364. The third kappa shape index (κ3) is 8.09. The summed E-state index contributed by atoms with van der Waals surface area (Å²) in [6.07, 6.45) is 2.85. The van der Waals surface area contributed by atoms with Crippen molar-refractivity contribution in [2.75, 3.05) is 18.9 Å². The Balaban J connectivity index is 1.29. The minimum atomic E-state index is -0.0829. The molecule has 1 saturated carbocycles. The van der Waals surface area contributed by atoms with Gasteiger partial charge >= 0.3 is 0 Å². The Bertz CT molecular complexity index is 873. The number of hydrogen-bond acceptors (Lipinski definition) is 4. The number of rotatable bonds is 11. The van der Waals surface area contributed by atoms with Crippen molar-refractivity contribution >= 4 is 46.8 Å². The first-order valence-electron chi connectivity index (χ1n) is 9.79. The zero-order valence-corrected chi connectivity index (χ0v) is 18.8. The second-order valence-corrected chi connectivity index (χ2v) is 8.93. The lowest BCUT2D eigenvalue weighted by atomic mass is 10.1. The van der Waals surface area contributed by atoms with E-state index >= 15 is 0 Å². The summed E-state index contributed by atoms with van der Waals surface area (Å²) in [5, 5.41) is 7.03. The van der Waals surface area contributed by atoms with Crippen LogP contribution in [0.3, 0.4) is 0 Å². The van der Waals surface area contributed by atoms with Gasteiger partial charge in [-0.05, 0) is 54.7 Å². The first-order chi connectivity index (χ1) is 14.5. The standard InChI is InChI=1S/C22H24Cl2N2O3S/c23-17-4-3-16(20(24)11-17)13-30-14-22(28)25-10-9-15-1-7-19(8-2-15)29-12-21(27)26-18-5-6-18/h1-4,7-8,11,18H,5-6,9-10,12-14H2,(H,25,28)(H,26,27). The highest BCUT2D eigenvalue weighted by Crippen LogP contribution is 2.24. The number of carbonyl (C=O) groups excluding carboxylic acids is 2. The molecule has 5 nitrogen and oxygen atoms in total. The highest BCUT2D eigenvalue weighted by molar-refractivity contribution is 7.99. The molecule has 3 rings (SSSR count). The normalized spacial score (nSPS) is 13.0. The van der Waals surface area contributed by atoms with E-state index in [2.05, 4.69) is 10.6 Å². The molecule has 1 aliphatic rings. The number of halogens is 2. The van der Waals surface area contributed by atoms with Crippen molar-refractivity contribution in [3.05, 3.63) is 63.6 Å². The summed E-state index contributed by atoms with van der Waals surface area (Å²) in [6, 6.07) is 13.3. The lowest BCUT2D eigenvalue weighted by Gasteiger charge is -2.09. The van der Waals surface area contributed by atoms with Crippen LogP contribution in [0.1, 0.15) is 24.0 Å². The van der Waals surface area contributed by atoms with E-state index in [0.717, 1.165) is 30.4 Å². The van der Waals surface area contributed by atoms with Crippen LogP contribution in [0.15, 0.2) is 42.5 Å². The zero-order valence-electron chi connectivity index (χ0n) is 16.5. The molecule has 0 aliphatic heterocycles. The van der Waals surface area contributed by atoms with Gasteiger partial charge in [0.15, 0.2) is 6.61 Å². The van der Waals surface area contributed by atoms with Gasteiger partial charge in [0.2, 0.25) is 5.91 Å². The molecule has 2 aromatic rings. The van der Waals surface area contributed by atoms with Gasteiger partial charge in [-0.1, -0.05) is 41.4 Å². The monoisotopic (exact) mass is 466 g/mol. The van der Waals surface area contributed by atoms with Crippen molar-refractivity contribution in [1.82, 2.24) is 10.6 Å². The maximum absolute atomic E-state index is 12.0. The lowest BCUT2D eigenvalue weighted by molar-refractivity contribution is -0.123. The summed E-state index contributed by atoms with van der Waals surface area (Å²) in [4.78, 5) is 23.6. The SMILES string of the molecule is O=C(CSCc1ccc(Cl)cc1Cl)NCCc1ccc(OCC(=O)NC2CC2)cc1. The van der Waals surface area contributed by atoms with Crippen LogP contribution in [0.2, 0.25) is 10.0 Å². The Morgan fingerprint density at radius 3 is 2.53 bits per heavy atom. The number of carbonyl (C=O) groups is 2. The van der Waals surface area contributed by atoms with E-state index in [1.54, 1.807) is 12.1 Å². The summed E-state index contributed by atoms with van der Waals surface area (Å²) in [5.74, 6) is 1.59. The van der Waals surface area contributed by atoms with Gasteiger partial charge in [0.05, 0.1) is 5.75 Å². The smallest absolute Gasteiger partial charge is 0.258 e. The van der Waals surface area contributed by atoms with Gasteiger partial charge in [-0.3, -0.25) is 9.59 Å². The van der Waals surface area contributed by atoms with E-state index in [9.17, 15) is 9.59 Å². The van der Waals surface area contributed by atoms with Crippen molar-refractivity contribution in [2.24, 2.45) is 0 Å². The van der Waals surface area contributed by atoms with Crippen molar-refractivity contribution in [3.8, 4) is 5.75 Å². The number of hydrogen-bond donors (Lipinski definition) is 2. The molecule has 30 heavy (non-hydrogen) atoms. The van der Waals surface area contributed by atoms with Gasteiger partial charge in [0.25, 0.3) is 5.91 Å². The number of ether oxygens (including phenoxy) is 1. The van der Waals surface area contributed by atoms with E-state index in [1.165, 1.54) is 11.8 Å². The van der Waals surface area contributed by atoms with E-state index in [-0.39, 0.29) is 18.4 Å². The van der Waals surface area contributed by atoms with Crippen LogP contribution in [0, 0.1) is 0 Å². The molecule has 2 amide bonds.